The van der Waals surface area contributed by atoms with E-state index in [1.54, 1.807) is 18.9 Å². The fraction of sp³-hybridized carbons (Fsp3) is 0.280. The van der Waals surface area contributed by atoms with E-state index < -0.39 is 0 Å². The molecule has 0 aliphatic carbocycles. The zero-order chi connectivity index (χ0) is 24.9. The third-order valence-corrected chi connectivity index (χ3v) is 6.62. The van der Waals surface area contributed by atoms with Gasteiger partial charge in [0.1, 0.15) is 5.39 Å². The number of hydrogen-bond acceptors (Lipinski definition) is 7. The zero-order valence-electron chi connectivity index (χ0n) is 20.0. The summed E-state index contributed by atoms with van der Waals surface area (Å²) in [5.41, 5.74) is 4.23. The van der Waals surface area contributed by atoms with Crippen LogP contribution in [0.5, 0.6) is 11.5 Å². The molecule has 0 radical (unpaired) electrons. The van der Waals surface area contributed by atoms with Crippen LogP contribution in [-0.4, -0.2) is 52.2 Å². The number of aryl methyl sites for hydroxylation is 1. The first-order chi connectivity index (χ1) is 16.9. The zero-order valence-corrected chi connectivity index (χ0v) is 20.9. The molecule has 0 unspecified atom stereocenters. The number of rotatable bonds is 9. The van der Waals surface area contributed by atoms with E-state index in [1.807, 2.05) is 50.2 Å². The minimum absolute atomic E-state index is 0.123. The van der Waals surface area contributed by atoms with Gasteiger partial charge in [0.15, 0.2) is 22.3 Å². The topological polar surface area (TPSA) is 111 Å². The number of carbonyl (C=O) groups excluding carboxylic acids is 1. The summed E-state index contributed by atoms with van der Waals surface area (Å²) in [6.07, 6.45) is 2.16. The van der Waals surface area contributed by atoms with Crippen molar-refractivity contribution in [2.75, 3.05) is 26.5 Å². The summed E-state index contributed by atoms with van der Waals surface area (Å²) in [5.74, 6) is 1.28. The average Bonchev–Trinajstić information content (AvgIpc) is 3.28. The normalized spacial score (nSPS) is 11.0. The number of hydrogen-bond donors (Lipinski definition) is 2. The van der Waals surface area contributed by atoms with Gasteiger partial charge in [-0.25, -0.2) is 9.67 Å². The van der Waals surface area contributed by atoms with Gasteiger partial charge in [-0.15, -0.1) is 0 Å². The summed E-state index contributed by atoms with van der Waals surface area (Å²) in [6, 6.07) is 11.6. The molecular formula is C25H27N5O4S. The van der Waals surface area contributed by atoms with E-state index in [9.17, 15) is 9.59 Å². The van der Waals surface area contributed by atoms with Gasteiger partial charge >= 0.3 is 0 Å². The third-order valence-electron chi connectivity index (χ3n) is 5.74. The Kier molecular flexibility index (Phi) is 7.40. The molecule has 2 N–H and O–H groups in total. The third kappa shape index (κ3) is 5.32. The Morgan fingerprint density at radius 3 is 2.71 bits per heavy atom. The SMILES string of the molecule is COc1ccc(CCNC(=O)CSc2nc3c(cnn3-c3cccc(C)c3C)c(=O)[nH]2)cc1OC. The molecule has 0 aliphatic rings. The maximum absolute atomic E-state index is 12.6. The predicted molar refractivity (Wildman–Crippen MR) is 136 cm³/mol. The monoisotopic (exact) mass is 493 g/mol. The molecule has 2 heterocycles. The molecule has 0 saturated carbocycles. The molecule has 0 saturated heterocycles. The molecule has 2 aromatic heterocycles. The fourth-order valence-corrected chi connectivity index (χ4v) is 4.36. The average molecular weight is 494 g/mol. The van der Waals surface area contributed by atoms with Gasteiger partial charge in [0, 0.05) is 6.54 Å². The number of thioether (sulfide) groups is 1. The van der Waals surface area contributed by atoms with Crippen molar-refractivity contribution >= 4 is 28.7 Å². The first kappa shape index (κ1) is 24.3. The second-order valence-electron chi connectivity index (χ2n) is 7.96. The standard InChI is InChI=1S/C25H27N5O4S/c1-15-6-5-7-19(16(15)2)30-23-18(13-27-30)24(32)29-25(28-23)35-14-22(31)26-11-10-17-8-9-20(33-3)21(12-17)34-4/h5-9,12-13H,10-11,14H2,1-4H3,(H,26,31)(H,28,29,32). The van der Waals surface area contributed by atoms with E-state index in [4.69, 9.17) is 9.47 Å². The van der Waals surface area contributed by atoms with Crippen LogP contribution in [-0.2, 0) is 11.2 Å². The fourth-order valence-electron chi connectivity index (χ4n) is 3.68. The van der Waals surface area contributed by atoms with Crippen molar-refractivity contribution in [1.82, 2.24) is 25.1 Å². The number of methoxy groups -OCH3 is 2. The van der Waals surface area contributed by atoms with Crippen LogP contribution in [0.1, 0.15) is 16.7 Å². The summed E-state index contributed by atoms with van der Waals surface area (Å²) >= 11 is 1.17. The maximum Gasteiger partial charge on any atom is 0.262 e. The number of carbonyl (C=O) groups is 1. The summed E-state index contributed by atoms with van der Waals surface area (Å²) in [4.78, 5) is 32.3. The summed E-state index contributed by atoms with van der Waals surface area (Å²) < 4.78 is 12.2. The van der Waals surface area contributed by atoms with Crippen LogP contribution in [0.4, 0.5) is 0 Å². The van der Waals surface area contributed by atoms with Crippen LogP contribution in [0, 0.1) is 13.8 Å². The number of fused-ring (bicyclic) bond motifs is 1. The molecular weight excluding hydrogens is 466 g/mol. The van der Waals surface area contributed by atoms with Crippen LogP contribution < -0.4 is 20.3 Å². The summed E-state index contributed by atoms with van der Waals surface area (Å²) in [6.45, 7) is 4.50. The van der Waals surface area contributed by atoms with Crippen LogP contribution in [0.25, 0.3) is 16.7 Å². The van der Waals surface area contributed by atoms with Crippen LogP contribution in [0.2, 0.25) is 0 Å². The number of nitrogens with zero attached hydrogens (tertiary/aromatic N) is 3. The lowest BCUT2D eigenvalue weighted by atomic mass is 10.1. The van der Waals surface area contributed by atoms with E-state index in [0.717, 1.165) is 22.4 Å². The molecule has 0 spiro atoms. The van der Waals surface area contributed by atoms with Gasteiger partial charge < -0.3 is 19.8 Å². The van der Waals surface area contributed by atoms with Crippen molar-refractivity contribution in [2.24, 2.45) is 0 Å². The van der Waals surface area contributed by atoms with E-state index in [0.29, 0.717) is 40.7 Å². The number of H-pyrrole nitrogens is 1. The first-order valence-electron chi connectivity index (χ1n) is 11.1. The number of amides is 1. The Morgan fingerprint density at radius 2 is 1.94 bits per heavy atom. The molecule has 35 heavy (non-hydrogen) atoms. The molecule has 0 bridgehead atoms. The molecule has 2 aromatic carbocycles. The Labute approximate surface area is 206 Å². The largest absolute Gasteiger partial charge is 0.493 e. The Balaban J connectivity index is 1.40. The van der Waals surface area contributed by atoms with Gasteiger partial charge in [0.2, 0.25) is 5.91 Å². The van der Waals surface area contributed by atoms with Crippen LogP contribution >= 0.6 is 11.8 Å². The first-order valence-corrected chi connectivity index (χ1v) is 12.0. The Bertz CT molecular complexity index is 1430. The minimum Gasteiger partial charge on any atom is -0.493 e. The van der Waals surface area contributed by atoms with Crippen molar-refractivity contribution in [2.45, 2.75) is 25.4 Å². The smallest absolute Gasteiger partial charge is 0.262 e. The van der Waals surface area contributed by atoms with E-state index in [2.05, 4.69) is 20.4 Å². The van der Waals surface area contributed by atoms with Gasteiger partial charge in [-0.1, -0.05) is 30.0 Å². The lowest BCUT2D eigenvalue weighted by molar-refractivity contribution is -0.118. The minimum atomic E-state index is -0.289. The van der Waals surface area contributed by atoms with Crippen molar-refractivity contribution < 1.29 is 14.3 Å². The van der Waals surface area contributed by atoms with Gasteiger partial charge in [-0.3, -0.25) is 9.59 Å². The number of aromatic amines is 1. The lowest BCUT2D eigenvalue weighted by Gasteiger charge is -2.10. The molecule has 9 nitrogen and oxygen atoms in total. The van der Waals surface area contributed by atoms with Crippen LogP contribution in [0.15, 0.2) is 52.5 Å². The Morgan fingerprint density at radius 1 is 1.14 bits per heavy atom. The molecule has 10 heteroatoms. The molecule has 4 aromatic rings. The maximum atomic E-state index is 12.6. The summed E-state index contributed by atoms with van der Waals surface area (Å²) in [5, 5.41) is 8.05. The highest BCUT2D eigenvalue weighted by Gasteiger charge is 2.15. The van der Waals surface area contributed by atoms with E-state index in [1.165, 1.54) is 18.0 Å². The lowest BCUT2D eigenvalue weighted by Crippen LogP contribution is -2.27. The molecule has 4 rings (SSSR count). The number of benzene rings is 2. The molecule has 0 fully saturated rings. The van der Waals surface area contributed by atoms with Gasteiger partial charge in [0.25, 0.3) is 5.56 Å². The predicted octanol–water partition coefficient (Wildman–Crippen LogP) is 3.19. The van der Waals surface area contributed by atoms with E-state index >= 15 is 0 Å². The van der Waals surface area contributed by atoms with Crippen LogP contribution in [0.3, 0.4) is 0 Å². The highest BCUT2D eigenvalue weighted by molar-refractivity contribution is 7.99. The quantitative estimate of drug-likeness (QED) is 0.272. The second kappa shape index (κ2) is 10.6. The highest BCUT2D eigenvalue weighted by atomic mass is 32.2. The molecule has 182 valence electrons. The summed E-state index contributed by atoms with van der Waals surface area (Å²) in [7, 11) is 3.18. The molecule has 0 aliphatic heterocycles. The van der Waals surface area contributed by atoms with Crippen molar-refractivity contribution in [3.63, 3.8) is 0 Å². The second-order valence-corrected chi connectivity index (χ2v) is 8.93. The molecule has 1 amide bonds. The number of ether oxygens (including phenoxy) is 2. The van der Waals surface area contributed by atoms with Crippen molar-refractivity contribution in [1.29, 1.82) is 0 Å². The van der Waals surface area contributed by atoms with Gasteiger partial charge in [-0.2, -0.15) is 5.10 Å². The Hall–Kier alpha value is -3.79. The number of nitrogens with one attached hydrogen (secondary N) is 2. The van der Waals surface area contributed by atoms with Crippen molar-refractivity contribution in [3.8, 4) is 17.2 Å². The highest BCUT2D eigenvalue weighted by Crippen LogP contribution is 2.27. The van der Waals surface area contributed by atoms with E-state index in [-0.39, 0.29) is 17.2 Å². The number of aromatic nitrogens is 4. The molecule has 0 atom stereocenters. The van der Waals surface area contributed by atoms with Gasteiger partial charge in [0.05, 0.1) is 31.9 Å². The van der Waals surface area contributed by atoms with Crippen molar-refractivity contribution in [3.05, 3.63) is 69.6 Å². The van der Waals surface area contributed by atoms with Gasteiger partial charge in [-0.05, 0) is 55.2 Å².